The van der Waals surface area contributed by atoms with E-state index in [9.17, 15) is 28.6 Å². The highest BCUT2D eigenvalue weighted by molar-refractivity contribution is 7.90. The normalized spacial score (nSPS) is 11.1. The lowest BCUT2D eigenvalue weighted by Crippen LogP contribution is -2.07. The van der Waals surface area contributed by atoms with Crippen molar-refractivity contribution in [3.05, 3.63) is 74.3 Å². The first-order valence-corrected chi connectivity index (χ1v) is 7.66. The molecule has 0 saturated carbocycles. The van der Waals surface area contributed by atoms with Gasteiger partial charge in [0.05, 0.1) is 26.1 Å². The second-order valence-electron chi connectivity index (χ2n) is 4.40. The maximum atomic E-state index is 12.3. The number of non-ortho nitro benzene ring substituents is 1. The predicted molar refractivity (Wildman–Crippen MR) is 77.1 cm³/mol. The van der Waals surface area contributed by atoms with Gasteiger partial charge in [-0.05, 0) is 12.1 Å². The summed E-state index contributed by atoms with van der Waals surface area (Å²) in [6.45, 7) is 0. The number of hydrogen-bond donors (Lipinski definition) is 0. The quantitative estimate of drug-likeness (QED) is 0.616. The molecule has 0 atom stereocenters. The Kier molecular flexibility index (Phi) is 4.18. The summed E-state index contributed by atoms with van der Waals surface area (Å²) in [7, 11) is -3.84. The van der Waals surface area contributed by atoms with Crippen LogP contribution in [0, 0.1) is 20.2 Å². The minimum Gasteiger partial charge on any atom is -0.258 e. The van der Waals surface area contributed by atoms with Crippen LogP contribution < -0.4 is 0 Å². The average molecular weight is 322 g/mol. The van der Waals surface area contributed by atoms with Gasteiger partial charge in [0.15, 0.2) is 9.84 Å². The van der Waals surface area contributed by atoms with Crippen molar-refractivity contribution in [3.8, 4) is 0 Å². The molecule has 0 aliphatic carbocycles. The number of hydrogen-bond acceptors (Lipinski definition) is 6. The van der Waals surface area contributed by atoms with Crippen LogP contribution in [0.25, 0.3) is 0 Å². The summed E-state index contributed by atoms with van der Waals surface area (Å²) in [5, 5.41) is 21.7. The molecule has 2 aromatic carbocycles. The summed E-state index contributed by atoms with van der Waals surface area (Å²) in [6.07, 6.45) is 0. The Hall–Kier alpha value is -2.81. The Labute approximate surface area is 125 Å². The molecule has 22 heavy (non-hydrogen) atoms. The van der Waals surface area contributed by atoms with Crippen molar-refractivity contribution >= 4 is 21.2 Å². The number of benzene rings is 2. The molecule has 8 nitrogen and oxygen atoms in total. The van der Waals surface area contributed by atoms with Gasteiger partial charge in [-0.25, -0.2) is 8.42 Å². The molecule has 0 aliphatic rings. The van der Waals surface area contributed by atoms with E-state index < -0.39 is 36.8 Å². The van der Waals surface area contributed by atoms with Gasteiger partial charge in [-0.3, -0.25) is 20.2 Å². The maximum absolute atomic E-state index is 12.3. The Morgan fingerprint density at radius 1 is 0.909 bits per heavy atom. The highest BCUT2D eigenvalue weighted by atomic mass is 32.2. The molecule has 0 aromatic heterocycles. The fourth-order valence-electron chi connectivity index (χ4n) is 1.90. The fourth-order valence-corrected chi connectivity index (χ4v) is 3.27. The third kappa shape index (κ3) is 3.26. The number of nitro benzene ring substituents is 2. The molecule has 0 heterocycles. The standard InChI is InChI=1S/C13H10N2O6S/c16-14(17)11-6-7-13(15(18)19)10(8-11)9-22(20,21)12-4-2-1-3-5-12/h1-8H,9H2. The summed E-state index contributed by atoms with van der Waals surface area (Å²) in [4.78, 5) is 20.2. The van der Waals surface area contributed by atoms with Gasteiger partial charge < -0.3 is 0 Å². The molecule has 2 aromatic rings. The van der Waals surface area contributed by atoms with E-state index in [0.717, 1.165) is 18.2 Å². The summed E-state index contributed by atoms with van der Waals surface area (Å²) in [5.74, 6) is -0.686. The van der Waals surface area contributed by atoms with Crippen LogP contribution in [0.5, 0.6) is 0 Å². The zero-order valence-corrected chi connectivity index (χ0v) is 11.9. The van der Waals surface area contributed by atoms with Crippen molar-refractivity contribution in [1.29, 1.82) is 0 Å². The van der Waals surface area contributed by atoms with Crippen LogP contribution >= 0.6 is 0 Å². The summed E-state index contributed by atoms with van der Waals surface area (Å²) < 4.78 is 24.5. The van der Waals surface area contributed by atoms with Gasteiger partial charge in [-0.15, -0.1) is 0 Å². The molecule has 2 rings (SSSR count). The van der Waals surface area contributed by atoms with Gasteiger partial charge in [0.2, 0.25) is 0 Å². The lowest BCUT2D eigenvalue weighted by molar-refractivity contribution is -0.389. The van der Waals surface area contributed by atoms with Crippen LogP contribution in [-0.2, 0) is 15.6 Å². The number of nitro groups is 2. The fraction of sp³-hybridized carbons (Fsp3) is 0.0769. The molecule has 0 spiro atoms. The molecule has 0 N–H and O–H groups in total. The molecule has 0 fully saturated rings. The number of sulfone groups is 1. The first-order chi connectivity index (χ1) is 10.3. The summed E-state index contributed by atoms with van der Waals surface area (Å²) >= 11 is 0. The van der Waals surface area contributed by atoms with E-state index in [2.05, 4.69) is 0 Å². The van der Waals surface area contributed by atoms with Gasteiger partial charge in [-0.1, -0.05) is 18.2 Å². The second kappa shape index (κ2) is 5.90. The zero-order valence-electron chi connectivity index (χ0n) is 11.1. The topological polar surface area (TPSA) is 120 Å². The summed E-state index contributed by atoms with van der Waals surface area (Å²) in [5.41, 5.74) is -1.09. The van der Waals surface area contributed by atoms with Crippen molar-refractivity contribution in [1.82, 2.24) is 0 Å². The SMILES string of the molecule is O=[N+]([O-])c1ccc([N+](=O)[O-])c(CS(=O)(=O)c2ccccc2)c1. The Morgan fingerprint density at radius 2 is 1.55 bits per heavy atom. The van der Waals surface area contributed by atoms with E-state index in [0.29, 0.717) is 0 Å². The van der Waals surface area contributed by atoms with E-state index in [4.69, 9.17) is 0 Å². The van der Waals surface area contributed by atoms with Gasteiger partial charge in [0, 0.05) is 18.2 Å². The van der Waals surface area contributed by atoms with Crippen LogP contribution in [0.1, 0.15) is 5.56 Å². The predicted octanol–water partition coefficient (Wildman–Crippen LogP) is 2.48. The molecule has 0 radical (unpaired) electrons. The van der Waals surface area contributed by atoms with Gasteiger partial charge in [0.1, 0.15) is 0 Å². The first-order valence-electron chi connectivity index (χ1n) is 6.01. The smallest absolute Gasteiger partial charge is 0.258 e. The van der Waals surface area contributed by atoms with E-state index in [1.807, 2.05) is 0 Å². The van der Waals surface area contributed by atoms with Crippen LogP contribution in [0.4, 0.5) is 11.4 Å². The molecule has 0 amide bonds. The van der Waals surface area contributed by atoms with Crippen molar-refractivity contribution in [2.45, 2.75) is 10.6 Å². The Balaban J connectivity index is 2.50. The monoisotopic (exact) mass is 322 g/mol. The van der Waals surface area contributed by atoms with Crippen LogP contribution in [0.2, 0.25) is 0 Å². The molecular formula is C13H10N2O6S. The highest BCUT2D eigenvalue weighted by Gasteiger charge is 2.24. The highest BCUT2D eigenvalue weighted by Crippen LogP contribution is 2.27. The van der Waals surface area contributed by atoms with Crippen molar-refractivity contribution < 1.29 is 18.3 Å². The number of rotatable bonds is 5. The maximum Gasteiger partial charge on any atom is 0.274 e. The minimum atomic E-state index is -3.84. The lowest BCUT2D eigenvalue weighted by Gasteiger charge is -2.05. The largest absolute Gasteiger partial charge is 0.274 e. The third-order valence-corrected chi connectivity index (χ3v) is 4.60. The van der Waals surface area contributed by atoms with Crippen LogP contribution in [0.3, 0.4) is 0 Å². The van der Waals surface area contributed by atoms with E-state index in [1.54, 1.807) is 6.07 Å². The van der Waals surface area contributed by atoms with Crippen molar-refractivity contribution in [2.75, 3.05) is 0 Å². The average Bonchev–Trinajstić information content (AvgIpc) is 2.47. The van der Waals surface area contributed by atoms with E-state index in [-0.39, 0.29) is 10.5 Å². The molecular weight excluding hydrogens is 312 g/mol. The molecule has 9 heteroatoms. The molecule has 0 unspecified atom stereocenters. The molecule has 0 bridgehead atoms. The van der Waals surface area contributed by atoms with Crippen molar-refractivity contribution in [3.63, 3.8) is 0 Å². The number of nitrogens with zero attached hydrogens (tertiary/aromatic N) is 2. The van der Waals surface area contributed by atoms with Gasteiger partial charge in [-0.2, -0.15) is 0 Å². The van der Waals surface area contributed by atoms with Gasteiger partial charge in [0.25, 0.3) is 11.4 Å². The molecule has 0 saturated heterocycles. The molecule has 114 valence electrons. The second-order valence-corrected chi connectivity index (χ2v) is 6.39. The van der Waals surface area contributed by atoms with Gasteiger partial charge >= 0.3 is 0 Å². The zero-order chi connectivity index (χ0) is 16.3. The van der Waals surface area contributed by atoms with Crippen LogP contribution in [0.15, 0.2) is 53.4 Å². The summed E-state index contributed by atoms with van der Waals surface area (Å²) in [6, 6.07) is 10.2. The van der Waals surface area contributed by atoms with Crippen LogP contribution in [-0.4, -0.2) is 18.3 Å². The Morgan fingerprint density at radius 3 is 2.09 bits per heavy atom. The van der Waals surface area contributed by atoms with E-state index >= 15 is 0 Å². The first kappa shape index (κ1) is 15.6. The van der Waals surface area contributed by atoms with Crippen molar-refractivity contribution in [2.24, 2.45) is 0 Å². The Bertz CT molecular complexity index is 833. The minimum absolute atomic E-state index is 0.00389. The lowest BCUT2D eigenvalue weighted by atomic mass is 10.2. The molecule has 0 aliphatic heterocycles. The van der Waals surface area contributed by atoms with E-state index in [1.165, 1.54) is 24.3 Å². The third-order valence-electron chi connectivity index (χ3n) is 2.92.